The summed E-state index contributed by atoms with van der Waals surface area (Å²) in [7, 11) is 0. The average molecular weight is 297 g/mol. The van der Waals surface area contributed by atoms with Crippen molar-refractivity contribution in [2.45, 2.75) is 46.7 Å². The number of nitrogens with one attached hydrogen (secondary N) is 1. The topological polar surface area (TPSA) is 58.6 Å². The van der Waals surface area contributed by atoms with Crippen molar-refractivity contribution in [2.24, 2.45) is 5.41 Å². The van der Waals surface area contributed by atoms with Crippen LogP contribution in [0, 0.1) is 11.2 Å². The predicted molar refractivity (Wildman–Crippen MR) is 79.9 cm³/mol. The van der Waals surface area contributed by atoms with E-state index in [0.29, 0.717) is 12.3 Å². The zero-order valence-corrected chi connectivity index (χ0v) is 13.3. The van der Waals surface area contributed by atoms with E-state index >= 15 is 0 Å². The first-order valence-electron chi connectivity index (χ1n) is 6.90. The minimum absolute atomic E-state index is 0.0159. The molecule has 2 N–H and O–H groups in total. The zero-order valence-electron chi connectivity index (χ0n) is 13.3. The molecule has 0 radical (unpaired) electrons. The third-order valence-electron chi connectivity index (χ3n) is 2.93. The molecule has 0 bridgehead atoms. The first-order chi connectivity index (χ1) is 9.49. The molecule has 0 aliphatic rings. The summed E-state index contributed by atoms with van der Waals surface area (Å²) in [6.07, 6.45) is 0. The van der Waals surface area contributed by atoms with E-state index in [1.165, 1.54) is 12.1 Å². The molecule has 4 nitrogen and oxygen atoms in total. The van der Waals surface area contributed by atoms with Crippen LogP contribution in [0.2, 0.25) is 0 Å². The summed E-state index contributed by atoms with van der Waals surface area (Å²) in [5.41, 5.74) is -0.331. The van der Waals surface area contributed by atoms with Gasteiger partial charge in [-0.15, -0.1) is 0 Å². The first-order valence-corrected chi connectivity index (χ1v) is 6.90. The van der Waals surface area contributed by atoms with Crippen molar-refractivity contribution < 1.29 is 19.0 Å². The van der Waals surface area contributed by atoms with E-state index in [0.717, 1.165) is 5.56 Å². The van der Waals surface area contributed by atoms with Gasteiger partial charge in [-0.1, -0.05) is 0 Å². The Morgan fingerprint density at radius 3 is 2.38 bits per heavy atom. The lowest BCUT2D eigenvalue weighted by atomic mass is 9.95. The summed E-state index contributed by atoms with van der Waals surface area (Å²) in [5, 5.41) is 12.3. The van der Waals surface area contributed by atoms with Gasteiger partial charge >= 0.3 is 5.97 Å². The van der Waals surface area contributed by atoms with Crippen LogP contribution in [0.15, 0.2) is 18.2 Å². The summed E-state index contributed by atoms with van der Waals surface area (Å²) in [6, 6.07) is 4.42. The van der Waals surface area contributed by atoms with Crippen LogP contribution in [0.4, 0.5) is 4.39 Å². The van der Waals surface area contributed by atoms with Crippen LogP contribution in [-0.4, -0.2) is 23.2 Å². The molecule has 21 heavy (non-hydrogen) atoms. The zero-order chi connectivity index (χ0) is 16.3. The van der Waals surface area contributed by atoms with E-state index in [-0.39, 0.29) is 12.1 Å². The lowest BCUT2D eigenvalue weighted by Gasteiger charge is -2.22. The molecular formula is C16H24FNO3. The predicted octanol–water partition coefficient (Wildman–Crippen LogP) is 3.20. The van der Waals surface area contributed by atoms with Gasteiger partial charge in [0.1, 0.15) is 18.2 Å². The molecule has 0 aliphatic heterocycles. The molecule has 0 fully saturated rings. The fourth-order valence-corrected chi connectivity index (χ4v) is 1.50. The highest BCUT2D eigenvalue weighted by atomic mass is 19.1. The van der Waals surface area contributed by atoms with Crippen molar-refractivity contribution in [2.75, 3.05) is 6.61 Å². The summed E-state index contributed by atoms with van der Waals surface area (Å²) in [5.74, 6) is -1.00. The molecule has 1 aromatic carbocycles. The van der Waals surface area contributed by atoms with Gasteiger partial charge in [-0.2, -0.15) is 0 Å². The van der Waals surface area contributed by atoms with Gasteiger partial charge < -0.3 is 15.2 Å². The Labute approximate surface area is 125 Å². The van der Waals surface area contributed by atoms with Crippen molar-refractivity contribution in [3.05, 3.63) is 29.6 Å². The lowest BCUT2D eigenvalue weighted by Crippen LogP contribution is -2.35. The van der Waals surface area contributed by atoms with Crippen LogP contribution in [0.1, 0.15) is 40.2 Å². The minimum atomic E-state index is -1.02. The second-order valence-corrected chi connectivity index (χ2v) is 6.88. The standard InChI is InChI=1S/C16H24FNO3/c1-15(2,3)18-9-11-6-12(17)8-13(7-11)21-10-16(4,5)14(19)20/h6-8,18H,9-10H2,1-5H3,(H,19,20). The minimum Gasteiger partial charge on any atom is -0.492 e. The molecule has 0 aliphatic carbocycles. The third kappa shape index (κ3) is 6.12. The van der Waals surface area contributed by atoms with Gasteiger partial charge in [0.25, 0.3) is 0 Å². The van der Waals surface area contributed by atoms with Gasteiger partial charge in [0.2, 0.25) is 0 Å². The number of carboxylic acids is 1. The largest absolute Gasteiger partial charge is 0.492 e. The molecule has 118 valence electrons. The fourth-order valence-electron chi connectivity index (χ4n) is 1.50. The van der Waals surface area contributed by atoms with Gasteiger partial charge in [-0.25, -0.2) is 4.39 Å². The first kappa shape index (κ1) is 17.4. The van der Waals surface area contributed by atoms with Crippen molar-refractivity contribution in [3.8, 4) is 5.75 Å². The van der Waals surface area contributed by atoms with Gasteiger partial charge in [0, 0.05) is 18.2 Å². The quantitative estimate of drug-likeness (QED) is 0.846. The van der Waals surface area contributed by atoms with Crippen molar-refractivity contribution in [3.63, 3.8) is 0 Å². The summed E-state index contributed by atoms with van der Waals surface area (Å²) in [4.78, 5) is 11.0. The number of benzene rings is 1. The number of carboxylic acid groups (broad SMARTS) is 1. The highest BCUT2D eigenvalue weighted by Crippen LogP contribution is 2.21. The Balaban J connectivity index is 2.76. The Bertz CT molecular complexity index is 507. The molecule has 0 amide bonds. The van der Waals surface area contributed by atoms with E-state index in [9.17, 15) is 9.18 Å². The summed E-state index contributed by atoms with van der Waals surface area (Å²) >= 11 is 0. The lowest BCUT2D eigenvalue weighted by molar-refractivity contribution is -0.148. The number of hydrogen-bond acceptors (Lipinski definition) is 3. The fraction of sp³-hybridized carbons (Fsp3) is 0.562. The van der Waals surface area contributed by atoms with Crippen molar-refractivity contribution in [1.29, 1.82) is 0 Å². The molecular weight excluding hydrogens is 273 g/mol. The SMILES string of the molecule is CC(C)(C)NCc1cc(F)cc(OCC(C)(C)C(=O)O)c1. The number of rotatable bonds is 6. The number of hydrogen-bond donors (Lipinski definition) is 2. The number of carbonyl (C=O) groups is 1. The smallest absolute Gasteiger partial charge is 0.312 e. The van der Waals surface area contributed by atoms with Crippen LogP contribution in [0.3, 0.4) is 0 Å². The maximum Gasteiger partial charge on any atom is 0.312 e. The van der Waals surface area contributed by atoms with Crippen molar-refractivity contribution >= 4 is 5.97 Å². The molecule has 5 heteroatoms. The van der Waals surface area contributed by atoms with Gasteiger partial charge in [-0.3, -0.25) is 4.79 Å². The monoisotopic (exact) mass is 297 g/mol. The molecule has 0 spiro atoms. The maximum atomic E-state index is 13.6. The number of aliphatic carboxylic acids is 1. The molecule has 0 unspecified atom stereocenters. The van der Waals surface area contributed by atoms with Crippen LogP contribution in [0.5, 0.6) is 5.75 Å². The highest BCUT2D eigenvalue weighted by molar-refractivity contribution is 5.73. The van der Waals surface area contributed by atoms with Gasteiger partial charge in [0.05, 0.1) is 5.41 Å². The molecule has 0 atom stereocenters. The third-order valence-corrected chi connectivity index (χ3v) is 2.93. The highest BCUT2D eigenvalue weighted by Gasteiger charge is 2.28. The molecule has 1 rings (SSSR count). The molecule has 0 saturated heterocycles. The molecule has 0 aromatic heterocycles. The molecule has 1 aromatic rings. The molecule has 0 heterocycles. The summed E-state index contributed by atoms with van der Waals surface area (Å²) < 4.78 is 19.0. The average Bonchev–Trinajstić information content (AvgIpc) is 2.32. The van der Waals surface area contributed by atoms with E-state index < -0.39 is 17.2 Å². The second kappa shape index (κ2) is 6.43. The summed E-state index contributed by atoms with van der Waals surface area (Å²) in [6.45, 7) is 9.71. The normalized spacial score (nSPS) is 12.3. The number of ether oxygens (including phenoxy) is 1. The van der Waals surface area contributed by atoms with Crippen LogP contribution in [0.25, 0.3) is 0 Å². The van der Waals surface area contributed by atoms with E-state index in [2.05, 4.69) is 5.32 Å². The Morgan fingerprint density at radius 2 is 1.86 bits per heavy atom. The van der Waals surface area contributed by atoms with Crippen LogP contribution >= 0.6 is 0 Å². The Morgan fingerprint density at radius 1 is 1.24 bits per heavy atom. The maximum absolute atomic E-state index is 13.6. The van der Waals surface area contributed by atoms with Gasteiger partial charge in [-0.05, 0) is 52.3 Å². The Kier molecular flexibility index (Phi) is 5.34. The van der Waals surface area contributed by atoms with Crippen LogP contribution in [-0.2, 0) is 11.3 Å². The second-order valence-electron chi connectivity index (χ2n) is 6.88. The Hall–Kier alpha value is -1.62. The van der Waals surface area contributed by atoms with E-state index in [4.69, 9.17) is 9.84 Å². The number of halogens is 1. The molecule has 0 saturated carbocycles. The van der Waals surface area contributed by atoms with E-state index in [1.807, 2.05) is 20.8 Å². The van der Waals surface area contributed by atoms with Gasteiger partial charge in [0.15, 0.2) is 0 Å². The van der Waals surface area contributed by atoms with E-state index in [1.54, 1.807) is 19.9 Å². The van der Waals surface area contributed by atoms with Crippen molar-refractivity contribution in [1.82, 2.24) is 5.32 Å². The van der Waals surface area contributed by atoms with Crippen LogP contribution < -0.4 is 10.1 Å².